The van der Waals surface area contributed by atoms with E-state index in [1.165, 1.54) is 12.1 Å². The lowest BCUT2D eigenvalue weighted by molar-refractivity contribution is 0.559. The van der Waals surface area contributed by atoms with Crippen molar-refractivity contribution in [2.45, 2.75) is 18.7 Å². The van der Waals surface area contributed by atoms with Crippen LogP contribution in [0.2, 0.25) is 5.02 Å². The maximum atomic E-state index is 12.5. The second kappa shape index (κ2) is 5.30. The fourth-order valence-electron chi connectivity index (χ4n) is 2.13. The van der Waals surface area contributed by atoms with Crippen LogP contribution < -0.4 is 4.72 Å². The van der Waals surface area contributed by atoms with Crippen molar-refractivity contribution in [1.29, 1.82) is 0 Å². The summed E-state index contributed by atoms with van der Waals surface area (Å²) in [6.07, 6.45) is 0. The lowest BCUT2D eigenvalue weighted by Crippen LogP contribution is -2.13. The summed E-state index contributed by atoms with van der Waals surface area (Å²) in [5.41, 5.74) is 2.29. The molecule has 0 saturated heterocycles. The Kier molecular flexibility index (Phi) is 3.58. The maximum Gasteiger partial charge on any atom is 0.262 e. The number of anilines is 1. The maximum absolute atomic E-state index is 12.5. The molecule has 1 heterocycles. The van der Waals surface area contributed by atoms with Gasteiger partial charge >= 0.3 is 0 Å². The van der Waals surface area contributed by atoms with Gasteiger partial charge in [-0.15, -0.1) is 0 Å². The molecule has 0 aliphatic rings. The predicted octanol–water partition coefficient (Wildman–Crippen LogP) is 3.90. The number of aromatic nitrogens is 1. The lowest BCUT2D eigenvalue weighted by atomic mass is 10.2. The van der Waals surface area contributed by atoms with Gasteiger partial charge in [0.15, 0.2) is 11.5 Å². The first-order valence-electron chi connectivity index (χ1n) is 6.51. The second-order valence-electron chi connectivity index (χ2n) is 4.93. The molecule has 3 aromatic rings. The summed E-state index contributed by atoms with van der Waals surface area (Å²) in [4.78, 5) is 4.26. The molecule has 0 amide bonds. The Hall–Kier alpha value is -2.05. The lowest BCUT2D eigenvalue weighted by Gasteiger charge is -2.10. The number of nitrogens with zero attached hydrogens (tertiary/aromatic N) is 1. The summed E-state index contributed by atoms with van der Waals surface area (Å²) >= 11 is 5.88. The zero-order valence-corrected chi connectivity index (χ0v) is 13.5. The van der Waals surface area contributed by atoms with Crippen LogP contribution >= 0.6 is 11.6 Å². The quantitative estimate of drug-likeness (QED) is 0.787. The predicted molar refractivity (Wildman–Crippen MR) is 85.7 cm³/mol. The van der Waals surface area contributed by atoms with Gasteiger partial charge in [0.2, 0.25) is 0 Å². The number of aryl methyl sites for hydroxylation is 2. The fourth-order valence-corrected chi connectivity index (χ4v) is 3.51. The number of fused-ring (bicyclic) bond motifs is 1. The Morgan fingerprint density at radius 2 is 1.91 bits per heavy atom. The summed E-state index contributed by atoms with van der Waals surface area (Å²) in [6.45, 7) is 3.50. The zero-order valence-electron chi connectivity index (χ0n) is 11.9. The van der Waals surface area contributed by atoms with E-state index in [4.69, 9.17) is 16.0 Å². The van der Waals surface area contributed by atoms with Gasteiger partial charge in [-0.2, -0.15) is 0 Å². The molecule has 0 saturated carbocycles. The molecule has 114 valence electrons. The number of benzene rings is 2. The van der Waals surface area contributed by atoms with Crippen LogP contribution in [-0.4, -0.2) is 13.4 Å². The van der Waals surface area contributed by atoms with Gasteiger partial charge in [0.25, 0.3) is 10.0 Å². The highest BCUT2D eigenvalue weighted by Gasteiger charge is 2.17. The molecule has 0 unspecified atom stereocenters. The minimum Gasteiger partial charge on any atom is -0.441 e. The van der Waals surface area contributed by atoms with Gasteiger partial charge in [0.05, 0.1) is 10.6 Å². The second-order valence-corrected chi connectivity index (χ2v) is 7.05. The van der Waals surface area contributed by atoms with Gasteiger partial charge in [-0.1, -0.05) is 11.6 Å². The Morgan fingerprint density at radius 3 is 2.64 bits per heavy atom. The summed E-state index contributed by atoms with van der Waals surface area (Å²) in [6, 6.07) is 9.54. The molecule has 7 heteroatoms. The van der Waals surface area contributed by atoms with Crippen LogP contribution in [0.4, 0.5) is 5.69 Å². The molecule has 0 spiro atoms. The highest BCUT2D eigenvalue weighted by atomic mass is 35.5. The van der Waals surface area contributed by atoms with Crippen molar-refractivity contribution in [2.24, 2.45) is 0 Å². The number of sulfonamides is 1. The van der Waals surface area contributed by atoms with E-state index in [2.05, 4.69) is 9.71 Å². The number of hydrogen-bond donors (Lipinski definition) is 1. The average Bonchev–Trinajstić information content (AvgIpc) is 2.81. The Labute approximate surface area is 133 Å². The highest BCUT2D eigenvalue weighted by molar-refractivity contribution is 7.92. The van der Waals surface area contributed by atoms with E-state index in [-0.39, 0.29) is 4.90 Å². The molecule has 2 aromatic carbocycles. The fraction of sp³-hybridized carbons (Fsp3) is 0.133. The standard InChI is InChI=1S/C15H13ClN2O3S/c1-9-7-11(16)3-5-13(9)18-22(19,20)12-4-6-14-15(8-12)21-10(2)17-14/h3-8,18H,1-2H3. The normalized spacial score (nSPS) is 11.8. The van der Waals surface area contributed by atoms with Gasteiger partial charge in [-0.3, -0.25) is 4.72 Å². The van der Waals surface area contributed by atoms with Crippen molar-refractivity contribution in [3.63, 3.8) is 0 Å². The van der Waals surface area contributed by atoms with E-state index in [9.17, 15) is 8.42 Å². The van der Waals surface area contributed by atoms with Crippen molar-refractivity contribution in [2.75, 3.05) is 4.72 Å². The molecular weight excluding hydrogens is 324 g/mol. The third-order valence-electron chi connectivity index (χ3n) is 3.21. The molecule has 0 bridgehead atoms. The first-order chi connectivity index (χ1) is 10.3. The molecule has 0 aliphatic heterocycles. The smallest absolute Gasteiger partial charge is 0.262 e. The largest absolute Gasteiger partial charge is 0.441 e. The summed E-state index contributed by atoms with van der Waals surface area (Å²) in [5.74, 6) is 0.492. The van der Waals surface area contributed by atoms with Crippen LogP contribution in [0.15, 0.2) is 45.7 Å². The van der Waals surface area contributed by atoms with E-state index >= 15 is 0 Å². The molecule has 1 aromatic heterocycles. The van der Waals surface area contributed by atoms with Crippen molar-refractivity contribution in [3.8, 4) is 0 Å². The topological polar surface area (TPSA) is 72.2 Å². The van der Waals surface area contributed by atoms with Crippen LogP contribution in [0.5, 0.6) is 0 Å². The van der Waals surface area contributed by atoms with Gasteiger partial charge in [-0.25, -0.2) is 13.4 Å². The number of nitrogens with one attached hydrogen (secondary N) is 1. The number of halogens is 1. The molecule has 5 nitrogen and oxygen atoms in total. The third kappa shape index (κ3) is 2.80. The molecule has 1 N–H and O–H groups in total. The first-order valence-corrected chi connectivity index (χ1v) is 8.37. The molecule has 0 aliphatic carbocycles. The van der Waals surface area contributed by atoms with E-state index in [0.29, 0.717) is 27.7 Å². The van der Waals surface area contributed by atoms with Gasteiger partial charge in [0.1, 0.15) is 5.52 Å². The number of hydrogen-bond acceptors (Lipinski definition) is 4. The van der Waals surface area contributed by atoms with E-state index < -0.39 is 10.0 Å². The van der Waals surface area contributed by atoms with E-state index in [1.807, 2.05) is 0 Å². The van der Waals surface area contributed by atoms with E-state index in [0.717, 1.165) is 5.56 Å². The molecular formula is C15H13ClN2O3S. The number of rotatable bonds is 3. The number of oxazole rings is 1. The molecule has 0 atom stereocenters. The first kappa shape index (κ1) is 14.9. The minimum absolute atomic E-state index is 0.116. The van der Waals surface area contributed by atoms with Crippen LogP contribution in [0.1, 0.15) is 11.5 Å². The molecule has 0 fully saturated rings. The van der Waals surface area contributed by atoms with E-state index in [1.54, 1.807) is 38.1 Å². The van der Waals surface area contributed by atoms with Crippen molar-refractivity contribution in [3.05, 3.63) is 52.9 Å². The Balaban J connectivity index is 2.00. The highest BCUT2D eigenvalue weighted by Crippen LogP contribution is 2.25. The Bertz CT molecular complexity index is 964. The molecule has 0 radical (unpaired) electrons. The summed E-state index contributed by atoms with van der Waals surface area (Å²) in [7, 11) is -3.71. The van der Waals surface area contributed by atoms with Gasteiger partial charge in [0, 0.05) is 18.0 Å². The van der Waals surface area contributed by atoms with Crippen molar-refractivity contribution in [1.82, 2.24) is 4.98 Å². The van der Waals surface area contributed by atoms with Crippen molar-refractivity contribution >= 4 is 38.4 Å². The van der Waals surface area contributed by atoms with Gasteiger partial charge in [-0.05, 0) is 42.8 Å². The minimum atomic E-state index is -3.71. The zero-order chi connectivity index (χ0) is 15.9. The van der Waals surface area contributed by atoms with Crippen LogP contribution in [0, 0.1) is 13.8 Å². The molecule has 22 heavy (non-hydrogen) atoms. The third-order valence-corrected chi connectivity index (χ3v) is 4.81. The Morgan fingerprint density at radius 1 is 1.14 bits per heavy atom. The van der Waals surface area contributed by atoms with Gasteiger partial charge < -0.3 is 4.42 Å². The SMILES string of the molecule is Cc1nc2ccc(S(=O)(=O)Nc3ccc(Cl)cc3C)cc2o1. The van der Waals surface area contributed by atoms with Crippen molar-refractivity contribution < 1.29 is 12.8 Å². The molecule has 3 rings (SSSR count). The van der Waals surface area contributed by atoms with Crippen LogP contribution in [0.3, 0.4) is 0 Å². The monoisotopic (exact) mass is 336 g/mol. The van der Waals surface area contributed by atoms with Crippen LogP contribution in [-0.2, 0) is 10.0 Å². The average molecular weight is 337 g/mol. The van der Waals surface area contributed by atoms with Crippen LogP contribution in [0.25, 0.3) is 11.1 Å². The summed E-state index contributed by atoms with van der Waals surface area (Å²) < 4.78 is 32.9. The summed E-state index contributed by atoms with van der Waals surface area (Å²) in [5, 5.41) is 0.555.